The molecule has 2 saturated heterocycles. The molecule has 0 amide bonds. The number of nitrogens with zero attached hydrogens (tertiary/aromatic N) is 2. The number of rotatable bonds is 3. The second-order valence-corrected chi connectivity index (χ2v) is 7.48. The number of hydrogen-bond donors (Lipinski definition) is 0. The second kappa shape index (κ2) is 10.1. The lowest BCUT2D eigenvalue weighted by Gasteiger charge is -2.50. The number of piperidine rings is 1. The van der Waals surface area contributed by atoms with E-state index in [1.54, 1.807) is 0 Å². The summed E-state index contributed by atoms with van der Waals surface area (Å²) in [6, 6.07) is 0. The highest BCUT2D eigenvalue weighted by Crippen LogP contribution is 2.45. The minimum Gasteiger partial charge on any atom is -0.375 e. The summed E-state index contributed by atoms with van der Waals surface area (Å²) >= 11 is 0. The van der Waals surface area contributed by atoms with Crippen LogP contribution in [0.4, 0.5) is 0 Å². The maximum absolute atomic E-state index is 6.05. The lowest BCUT2D eigenvalue weighted by Crippen LogP contribution is -2.51. The largest absolute Gasteiger partial charge is 0.375 e. The van der Waals surface area contributed by atoms with E-state index in [2.05, 4.69) is 49.6 Å². The summed E-state index contributed by atoms with van der Waals surface area (Å²) in [7, 11) is 4.14. The molecule has 136 valence electrons. The minimum absolute atomic E-state index is 0. The van der Waals surface area contributed by atoms with E-state index in [9.17, 15) is 0 Å². The van der Waals surface area contributed by atoms with Crippen LogP contribution in [0.3, 0.4) is 0 Å². The molecule has 0 aromatic heterocycles. The van der Waals surface area contributed by atoms with Gasteiger partial charge in [0.05, 0.1) is 18.7 Å². The molecule has 2 unspecified atom stereocenters. The summed E-state index contributed by atoms with van der Waals surface area (Å²) in [6.45, 7) is 9.70. The molecular formula is C18H34Cl2N2O. The number of ether oxygens (including phenoxy) is 1. The molecule has 0 radical (unpaired) electrons. The summed E-state index contributed by atoms with van der Waals surface area (Å²) in [6.07, 6.45) is 6.25. The molecule has 23 heavy (non-hydrogen) atoms. The molecule has 0 aromatic carbocycles. The van der Waals surface area contributed by atoms with Crippen molar-refractivity contribution in [3.05, 3.63) is 0 Å². The van der Waals surface area contributed by atoms with Crippen molar-refractivity contribution in [2.45, 2.75) is 51.6 Å². The van der Waals surface area contributed by atoms with Crippen molar-refractivity contribution in [3.63, 3.8) is 0 Å². The molecule has 2 atom stereocenters. The second-order valence-electron chi connectivity index (χ2n) is 7.48. The van der Waals surface area contributed by atoms with Gasteiger partial charge >= 0.3 is 0 Å². The molecule has 2 aliphatic rings. The van der Waals surface area contributed by atoms with E-state index in [0.29, 0.717) is 5.41 Å². The van der Waals surface area contributed by atoms with Crippen molar-refractivity contribution < 1.29 is 4.74 Å². The van der Waals surface area contributed by atoms with Gasteiger partial charge in [-0.15, -0.1) is 24.8 Å². The quantitative estimate of drug-likeness (QED) is 0.713. The van der Waals surface area contributed by atoms with Gasteiger partial charge in [0.1, 0.15) is 0 Å². The molecule has 5 heteroatoms. The van der Waals surface area contributed by atoms with Crippen molar-refractivity contribution in [3.8, 4) is 11.8 Å². The van der Waals surface area contributed by atoms with E-state index >= 15 is 0 Å². The highest BCUT2D eigenvalue weighted by molar-refractivity contribution is 5.85. The topological polar surface area (TPSA) is 15.7 Å². The van der Waals surface area contributed by atoms with Crippen molar-refractivity contribution in [2.24, 2.45) is 5.41 Å². The molecule has 0 aliphatic carbocycles. The van der Waals surface area contributed by atoms with Crippen LogP contribution < -0.4 is 0 Å². The van der Waals surface area contributed by atoms with Gasteiger partial charge in [-0.2, -0.15) is 0 Å². The Morgan fingerprint density at radius 1 is 1.17 bits per heavy atom. The molecule has 1 spiro atoms. The molecule has 0 aromatic rings. The molecule has 2 rings (SSSR count). The Morgan fingerprint density at radius 2 is 1.91 bits per heavy atom. The molecule has 0 bridgehead atoms. The van der Waals surface area contributed by atoms with Crippen molar-refractivity contribution in [1.82, 2.24) is 9.80 Å². The average molecular weight is 365 g/mol. The summed E-state index contributed by atoms with van der Waals surface area (Å²) in [5.41, 5.74) is 0.572. The van der Waals surface area contributed by atoms with Gasteiger partial charge in [0.25, 0.3) is 0 Å². The maximum atomic E-state index is 6.05. The Labute approximate surface area is 155 Å². The Bertz CT molecular complexity index is 404. The summed E-state index contributed by atoms with van der Waals surface area (Å²) in [5.74, 6) is 6.61. The zero-order valence-electron chi connectivity index (χ0n) is 15.2. The molecule has 2 fully saturated rings. The molecule has 3 nitrogen and oxygen atoms in total. The van der Waals surface area contributed by atoms with Gasteiger partial charge in [-0.1, -0.05) is 18.8 Å². The first-order chi connectivity index (χ1) is 9.97. The molecule has 0 N–H and O–H groups in total. The van der Waals surface area contributed by atoms with E-state index in [1.807, 2.05) is 0 Å². The Morgan fingerprint density at radius 3 is 2.57 bits per heavy atom. The van der Waals surface area contributed by atoms with Crippen LogP contribution in [0.25, 0.3) is 0 Å². The standard InChI is InChI=1S/C18H32N2O.2ClH/c1-5-17(2)15-18(10-14-21-17)9-8-13-20(16-18)12-7-6-11-19(3)4;;/h5,8-16H2,1-4H3;2*1H. The van der Waals surface area contributed by atoms with Gasteiger partial charge in [0, 0.05) is 13.2 Å². The van der Waals surface area contributed by atoms with Crippen molar-refractivity contribution in [1.29, 1.82) is 0 Å². The fraction of sp³-hybridized carbons (Fsp3) is 0.889. The SMILES string of the molecule is CCC1(C)CC2(CCCN(CC#CCN(C)C)C2)CCO1.Cl.Cl. The smallest absolute Gasteiger partial charge is 0.0657 e. The van der Waals surface area contributed by atoms with Crippen LogP contribution in [0.15, 0.2) is 0 Å². The fourth-order valence-electron chi connectivity index (χ4n) is 3.85. The first-order valence-corrected chi connectivity index (χ1v) is 8.44. The predicted octanol–water partition coefficient (Wildman–Crippen LogP) is 3.46. The predicted molar refractivity (Wildman–Crippen MR) is 103 cm³/mol. The minimum atomic E-state index is 0. The maximum Gasteiger partial charge on any atom is 0.0657 e. The molecule has 2 heterocycles. The monoisotopic (exact) mass is 364 g/mol. The summed E-state index contributed by atoms with van der Waals surface area (Å²) in [4.78, 5) is 4.68. The molecular weight excluding hydrogens is 331 g/mol. The van der Waals surface area contributed by atoms with Crippen LogP contribution in [-0.2, 0) is 4.74 Å². The number of likely N-dealkylation sites (tertiary alicyclic amines) is 1. The number of halogens is 2. The third kappa shape index (κ3) is 6.80. The van der Waals surface area contributed by atoms with Gasteiger partial charge in [-0.05, 0) is 65.1 Å². The Hall–Kier alpha value is 0.0200. The van der Waals surface area contributed by atoms with E-state index in [-0.39, 0.29) is 30.4 Å². The normalized spacial score (nSPS) is 31.0. The van der Waals surface area contributed by atoms with Crippen LogP contribution >= 0.6 is 24.8 Å². The zero-order chi connectivity index (χ0) is 15.3. The van der Waals surface area contributed by atoms with Crippen molar-refractivity contribution >= 4 is 24.8 Å². The fourth-order valence-corrected chi connectivity index (χ4v) is 3.85. The molecule has 0 saturated carbocycles. The van der Waals surface area contributed by atoms with Crippen LogP contribution in [0.1, 0.15) is 46.0 Å². The summed E-state index contributed by atoms with van der Waals surface area (Å²) < 4.78 is 6.05. The third-order valence-electron chi connectivity index (χ3n) is 5.14. The first kappa shape index (κ1) is 23.0. The number of hydrogen-bond acceptors (Lipinski definition) is 3. The van der Waals surface area contributed by atoms with Gasteiger partial charge < -0.3 is 4.74 Å². The van der Waals surface area contributed by atoms with E-state index < -0.39 is 0 Å². The van der Waals surface area contributed by atoms with Gasteiger partial charge in [-0.25, -0.2) is 0 Å². The average Bonchev–Trinajstić information content (AvgIpc) is 2.43. The Balaban J connectivity index is 0.00000242. The van der Waals surface area contributed by atoms with E-state index in [1.165, 1.54) is 38.8 Å². The van der Waals surface area contributed by atoms with E-state index in [4.69, 9.17) is 4.74 Å². The lowest BCUT2D eigenvalue weighted by atomic mass is 9.68. The third-order valence-corrected chi connectivity index (χ3v) is 5.14. The van der Waals surface area contributed by atoms with Crippen LogP contribution in [0.5, 0.6) is 0 Å². The van der Waals surface area contributed by atoms with Crippen LogP contribution in [-0.4, -0.2) is 62.3 Å². The van der Waals surface area contributed by atoms with Crippen LogP contribution in [0, 0.1) is 17.3 Å². The van der Waals surface area contributed by atoms with Gasteiger partial charge in [0.15, 0.2) is 0 Å². The molecule has 2 aliphatic heterocycles. The van der Waals surface area contributed by atoms with Gasteiger partial charge in [0.2, 0.25) is 0 Å². The van der Waals surface area contributed by atoms with E-state index in [0.717, 1.165) is 26.1 Å². The first-order valence-electron chi connectivity index (χ1n) is 8.44. The summed E-state index contributed by atoms with van der Waals surface area (Å²) in [5, 5.41) is 0. The van der Waals surface area contributed by atoms with Gasteiger partial charge in [-0.3, -0.25) is 9.80 Å². The zero-order valence-corrected chi connectivity index (χ0v) is 16.8. The highest BCUT2D eigenvalue weighted by Gasteiger charge is 2.44. The van der Waals surface area contributed by atoms with Crippen LogP contribution in [0.2, 0.25) is 0 Å². The highest BCUT2D eigenvalue weighted by atomic mass is 35.5. The van der Waals surface area contributed by atoms with Crippen molar-refractivity contribution in [2.75, 3.05) is 46.9 Å². The lowest BCUT2D eigenvalue weighted by molar-refractivity contribution is -0.132. The Kier molecular flexibility index (Phi) is 10.1.